The van der Waals surface area contributed by atoms with E-state index in [0.717, 1.165) is 58.4 Å². The van der Waals surface area contributed by atoms with Gasteiger partial charge in [-0.2, -0.15) is 0 Å². The maximum atomic E-state index is 12.8. The number of fused-ring (bicyclic) bond motifs is 1. The quantitative estimate of drug-likeness (QED) is 0.496. The second-order valence-corrected chi connectivity index (χ2v) is 8.67. The molecule has 6 nitrogen and oxygen atoms in total. The van der Waals surface area contributed by atoms with Crippen molar-refractivity contribution in [2.24, 2.45) is 5.92 Å². The van der Waals surface area contributed by atoms with Gasteiger partial charge < -0.3 is 19.5 Å². The molecule has 1 aromatic carbocycles. The van der Waals surface area contributed by atoms with Gasteiger partial charge in [0.25, 0.3) is 0 Å². The van der Waals surface area contributed by atoms with Crippen molar-refractivity contribution in [1.29, 1.82) is 0 Å². The zero-order valence-corrected chi connectivity index (χ0v) is 18.9. The van der Waals surface area contributed by atoms with Gasteiger partial charge in [-0.3, -0.25) is 4.79 Å². The summed E-state index contributed by atoms with van der Waals surface area (Å²) in [6.07, 6.45) is 0.976. The molecular weight excluding hydrogens is 473 g/mol. The zero-order valence-electron chi connectivity index (χ0n) is 16.7. The van der Waals surface area contributed by atoms with E-state index in [0.29, 0.717) is 24.4 Å². The first kappa shape index (κ1) is 21.5. The lowest BCUT2D eigenvalue weighted by molar-refractivity contribution is -0.153. The number of nitrogens with zero attached hydrogens (tertiary/aromatic N) is 1. The lowest BCUT2D eigenvalue weighted by atomic mass is 9.86. The molecule has 0 aromatic heterocycles. The summed E-state index contributed by atoms with van der Waals surface area (Å²) in [5, 5.41) is 10.6. The van der Waals surface area contributed by atoms with E-state index in [1.165, 1.54) is 0 Å². The molecule has 3 rings (SSSR count). The van der Waals surface area contributed by atoms with Gasteiger partial charge in [0.15, 0.2) is 6.10 Å². The van der Waals surface area contributed by atoms with E-state index >= 15 is 0 Å². The van der Waals surface area contributed by atoms with Crippen LogP contribution in [0.15, 0.2) is 0 Å². The van der Waals surface area contributed by atoms with Gasteiger partial charge in [-0.1, -0.05) is 0 Å². The number of halogens is 1. The van der Waals surface area contributed by atoms with Crippen LogP contribution in [0, 0.1) is 23.3 Å². The van der Waals surface area contributed by atoms with E-state index in [1.807, 2.05) is 18.7 Å². The van der Waals surface area contributed by atoms with Crippen molar-refractivity contribution in [2.45, 2.75) is 52.7 Å². The number of ether oxygens (including phenoxy) is 2. The Morgan fingerprint density at radius 3 is 2.61 bits per heavy atom. The zero-order chi connectivity index (χ0) is 20.4. The van der Waals surface area contributed by atoms with Crippen LogP contribution in [0.4, 0.5) is 0 Å². The summed E-state index contributed by atoms with van der Waals surface area (Å²) in [6, 6.07) is 0. The predicted molar refractivity (Wildman–Crippen MR) is 113 cm³/mol. The average molecular weight is 501 g/mol. The number of amides is 1. The third-order valence-electron chi connectivity index (χ3n) is 5.87. The van der Waals surface area contributed by atoms with Crippen molar-refractivity contribution in [1.82, 2.24) is 4.90 Å². The van der Waals surface area contributed by atoms with Crippen molar-refractivity contribution in [3.8, 4) is 0 Å². The first-order chi connectivity index (χ1) is 13.3. The van der Waals surface area contributed by atoms with E-state index in [4.69, 9.17) is 9.47 Å². The van der Waals surface area contributed by atoms with Gasteiger partial charge in [0.05, 0.1) is 13.0 Å². The smallest absolute Gasteiger partial charge is 0.339 e. The van der Waals surface area contributed by atoms with Crippen molar-refractivity contribution < 1.29 is 24.2 Å². The molecule has 0 spiro atoms. The van der Waals surface area contributed by atoms with Crippen LogP contribution in [0.3, 0.4) is 0 Å². The summed E-state index contributed by atoms with van der Waals surface area (Å²) < 4.78 is 11.3. The highest BCUT2D eigenvalue weighted by molar-refractivity contribution is 14.1. The number of esters is 1. The van der Waals surface area contributed by atoms with E-state index in [1.54, 1.807) is 6.92 Å². The molecule has 0 saturated carbocycles. The summed E-state index contributed by atoms with van der Waals surface area (Å²) in [6.45, 7) is 8.72. The van der Waals surface area contributed by atoms with Gasteiger partial charge in [-0.15, -0.1) is 0 Å². The Bertz CT molecular complexity index is 773. The lowest BCUT2D eigenvalue weighted by Crippen LogP contribution is -2.41. The highest BCUT2D eigenvalue weighted by atomic mass is 127. The van der Waals surface area contributed by atoms with E-state index < -0.39 is 12.1 Å². The van der Waals surface area contributed by atoms with Crippen LogP contribution in [-0.4, -0.2) is 48.2 Å². The molecule has 1 fully saturated rings. The van der Waals surface area contributed by atoms with Crippen LogP contribution >= 0.6 is 22.6 Å². The molecule has 0 bridgehead atoms. The van der Waals surface area contributed by atoms with Gasteiger partial charge in [0, 0.05) is 35.4 Å². The molecule has 7 heteroatoms. The molecule has 1 saturated heterocycles. The summed E-state index contributed by atoms with van der Waals surface area (Å²) in [7, 11) is 0. The predicted octanol–water partition coefficient (Wildman–Crippen LogP) is 2.82. The van der Waals surface area contributed by atoms with Gasteiger partial charge in [0.1, 0.15) is 0 Å². The number of aliphatic hydroxyl groups is 1. The normalized spacial score (nSPS) is 18.8. The van der Waals surface area contributed by atoms with Crippen LogP contribution in [-0.2, 0) is 32.0 Å². The highest BCUT2D eigenvalue weighted by Gasteiger charge is 2.33. The Hall–Kier alpha value is -1.19. The summed E-state index contributed by atoms with van der Waals surface area (Å²) in [4.78, 5) is 26.9. The minimum absolute atomic E-state index is 0.110. The highest BCUT2D eigenvalue weighted by Crippen LogP contribution is 2.36. The molecule has 0 aliphatic carbocycles. The van der Waals surface area contributed by atoms with E-state index in [2.05, 4.69) is 22.6 Å². The largest absolute Gasteiger partial charge is 0.464 e. The van der Waals surface area contributed by atoms with Gasteiger partial charge in [0.2, 0.25) is 5.91 Å². The number of hydrogen-bond donors (Lipinski definition) is 1. The molecule has 2 aliphatic heterocycles. The van der Waals surface area contributed by atoms with Crippen LogP contribution in [0.1, 0.15) is 53.7 Å². The number of benzene rings is 1. The minimum atomic E-state index is -1.33. The Balaban J connectivity index is 1.91. The first-order valence-corrected chi connectivity index (χ1v) is 10.9. The molecule has 0 unspecified atom stereocenters. The van der Waals surface area contributed by atoms with Crippen LogP contribution < -0.4 is 0 Å². The molecule has 1 atom stereocenters. The Kier molecular flexibility index (Phi) is 6.98. The molecule has 0 radical (unpaired) electrons. The number of carbonyl (C=O) groups excluding carboxylic acids is 2. The lowest BCUT2D eigenvalue weighted by Gasteiger charge is -2.35. The fourth-order valence-electron chi connectivity index (χ4n) is 4.18. The van der Waals surface area contributed by atoms with Crippen molar-refractivity contribution in [3.05, 3.63) is 31.4 Å². The number of carbonyl (C=O) groups is 2. The molecule has 2 heterocycles. The maximum Gasteiger partial charge on any atom is 0.339 e. The van der Waals surface area contributed by atoms with Crippen LogP contribution in [0.2, 0.25) is 0 Å². The molecule has 2 aliphatic rings. The van der Waals surface area contributed by atoms with Gasteiger partial charge in [-0.05, 0) is 84.4 Å². The van der Waals surface area contributed by atoms with E-state index in [9.17, 15) is 14.7 Å². The van der Waals surface area contributed by atoms with E-state index in [-0.39, 0.29) is 12.5 Å². The fraction of sp³-hybridized carbons (Fsp3) is 0.619. The molecule has 1 aromatic rings. The summed E-state index contributed by atoms with van der Waals surface area (Å²) in [5.74, 6) is -0.0462. The average Bonchev–Trinajstić information content (AvgIpc) is 2.68. The SMILES string of the molecule is CCOC(=O)[C@@H](O)c1c(C)c2c(c(C)c1I)CN(CC1CCOCC1)C(=O)C2. The van der Waals surface area contributed by atoms with Gasteiger partial charge in [-0.25, -0.2) is 4.79 Å². The molecular formula is C21H28INO5. The third kappa shape index (κ3) is 4.21. The maximum absolute atomic E-state index is 12.8. The Morgan fingerprint density at radius 1 is 1.29 bits per heavy atom. The Morgan fingerprint density at radius 2 is 1.96 bits per heavy atom. The minimum Gasteiger partial charge on any atom is -0.464 e. The number of aliphatic hydroxyl groups excluding tert-OH is 1. The second kappa shape index (κ2) is 9.09. The van der Waals surface area contributed by atoms with Crippen LogP contribution in [0.5, 0.6) is 0 Å². The standard InChI is InChI=1S/C21H28INO5/c1-4-28-21(26)20(25)18-12(2)15-9-17(24)23(10-14-5-7-27-8-6-14)11-16(15)13(3)19(18)22/h14,20,25H,4-11H2,1-3H3/t20-/m0/s1. The third-order valence-corrected chi connectivity index (χ3v) is 7.26. The fourth-order valence-corrected chi connectivity index (χ4v) is 5.21. The first-order valence-electron chi connectivity index (χ1n) is 9.85. The molecule has 1 amide bonds. The topological polar surface area (TPSA) is 76.1 Å². The summed E-state index contributed by atoms with van der Waals surface area (Å²) >= 11 is 2.19. The summed E-state index contributed by atoms with van der Waals surface area (Å²) in [5.41, 5.74) is 4.52. The van der Waals surface area contributed by atoms with Crippen molar-refractivity contribution >= 4 is 34.5 Å². The molecule has 28 heavy (non-hydrogen) atoms. The molecule has 154 valence electrons. The second-order valence-electron chi connectivity index (χ2n) is 7.60. The number of rotatable bonds is 5. The number of hydrogen-bond acceptors (Lipinski definition) is 5. The van der Waals surface area contributed by atoms with Crippen molar-refractivity contribution in [2.75, 3.05) is 26.4 Å². The van der Waals surface area contributed by atoms with Crippen molar-refractivity contribution in [3.63, 3.8) is 0 Å². The monoisotopic (exact) mass is 501 g/mol. The van der Waals surface area contributed by atoms with Crippen LogP contribution in [0.25, 0.3) is 0 Å². The van der Waals surface area contributed by atoms with Gasteiger partial charge >= 0.3 is 5.97 Å². The molecule has 1 N–H and O–H groups in total. The Labute approximate surface area is 179 Å².